The zero-order chi connectivity index (χ0) is 16.1. The maximum absolute atomic E-state index is 12.7. The van der Waals surface area contributed by atoms with Crippen LogP contribution >= 0.6 is 0 Å². The summed E-state index contributed by atoms with van der Waals surface area (Å²) in [4.78, 5) is 14.5. The van der Waals surface area contributed by atoms with E-state index >= 15 is 0 Å². The van der Waals surface area contributed by atoms with Gasteiger partial charge in [-0.2, -0.15) is 0 Å². The molecule has 1 aromatic heterocycles. The second-order valence-electron chi connectivity index (χ2n) is 6.44. The summed E-state index contributed by atoms with van der Waals surface area (Å²) in [6.45, 7) is 9.87. The first-order chi connectivity index (χ1) is 10.5. The van der Waals surface area contributed by atoms with E-state index in [1.54, 1.807) is 6.07 Å². The van der Waals surface area contributed by atoms with Crippen molar-refractivity contribution in [2.45, 2.75) is 27.7 Å². The summed E-state index contributed by atoms with van der Waals surface area (Å²) in [5.41, 5.74) is 1.64. The Kier molecular flexibility index (Phi) is 5.36. The van der Waals surface area contributed by atoms with Crippen molar-refractivity contribution in [3.05, 3.63) is 42.2 Å². The Balaban J connectivity index is 2.18. The monoisotopic (exact) mass is 300 g/mol. The van der Waals surface area contributed by atoms with Crippen LogP contribution in [0.1, 0.15) is 38.2 Å². The standard InChI is InChI=1S/C18H24N2O2/c1-13(2)11-20(12-14(3)4)18(21)17-10-16(19-22-17)15-8-6-5-7-9-15/h5-10,13-14H,11-12H2,1-4H3. The van der Waals surface area contributed by atoms with Gasteiger partial charge in [0.15, 0.2) is 0 Å². The lowest BCUT2D eigenvalue weighted by Crippen LogP contribution is -2.36. The highest BCUT2D eigenvalue weighted by molar-refractivity contribution is 5.92. The second kappa shape index (κ2) is 7.25. The van der Waals surface area contributed by atoms with E-state index < -0.39 is 0 Å². The third-order valence-electron chi connectivity index (χ3n) is 3.25. The number of carbonyl (C=O) groups is 1. The first kappa shape index (κ1) is 16.3. The molecule has 2 rings (SSSR count). The van der Waals surface area contributed by atoms with Crippen LogP contribution in [0, 0.1) is 11.8 Å². The van der Waals surface area contributed by atoms with E-state index in [1.165, 1.54) is 0 Å². The number of rotatable bonds is 6. The molecule has 1 aromatic carbocycles. The lowest BCUT2D eigenvalue weighted by Gasteiger charge is -2.25. The van der Waals surface area contributed by atoms with Gasteiger partial charge in [0.25, 0.3) is 5.91 Å². The first-order valence-electron chi connectivity index (χ1n) is 7.78. The molecule has 0 bridgehead atoms. The summed E-state index contributed by atoms with van der Waals surface area (Å²) in [5.74, 6) is 1.05. The molecule has 0 fully saturated rings. The highest BCUT2D eigenvalue weighted by atomic mass is 16.5. The third kappa shape index (κ3) is 4.20. The topological polar surface area (TPSA) is 46.3 Å². The summed E-state index contributed by atoms with van der Waals surface area (Å²) in [7, 11) is 0. The maximum atomic E-state index is 12.7. The highest BCUT2D eigenvalue weighted by Gasteiger charge is 2.22. The number of aromatic nitrogens is 1. The smallest absolute Gasteiger partial charge is 0.292 e. The fraction of sp³-hybridized carbons (Fsp3) is 0.444. The molecule has 1 amide bonds. The molecule has 0 saturated heterocycles. The van der Waals surface area contributed by atoms with Crippen LogP contribution in [-0.2, 0) is 0 Å². The van der Waals surface area contributed by atoms with Crippen molar-refractivity contribution in [1.29, 1.82) is 0 Å². The van der Waals surface area contributed by atoms with Crippen molar-refractivity contribution < 1.29 is 9.32 Å². The Hall–Kier alpha value is -2.10. The number of benzene rings is 1. The van der Waals surface area contributed by atoms with E-state index in [0.717, 1.165) is 18.7 Å². The average molecular weight is 300 g/mol. The normalized spacial score (nSPS) is 11.2. The van der Waals surface area contributed by atoms with E-state index in [9.17, 15) is 4.79 Å². The van der Waals surface area contributed by atoms with Gasteiger partial charge in [-0.05, 0) is 11.8 Å². The van der Waals surface area contributed by atoms with Crippen LogP contribution in [0.15, 0.2) is 40.9 Å². The van der Waals surface area contributed by atoms with Crippen LogP contribution in [0.4, 0.5) is 0 Å². The van der Waals surface area contributed by atoms with Crippen LogP contribution in [0.3, 0.4) is 0 Å². The van der Waals surface area contributed by atoms with Crippen molar-refractivity contribution >= 4 is 5.91 Å². The van der Waals surface area contributed by atoms with Crippen molar-refractivity contribution in [2.24, 2.45) is 11.8 Å². The van der Waals surface area contributed by atoms with Crippen LogP contribution in [0.5, 0.6) is 0 Å². The molecule has 4 heteroatoms. The van der Waals surface area contributed by atoms with Gasteiger partial charge in [-0.3, -0.25) is 4.79 Å². The van der Waals surface area contributed by atoms with Gasteiger partial charge in [0.05, 0.1) is 0 Å². The van der Waals surface area contributed by atoms with Crippen LogP contribution < -0.4 is 0 Å². The molecule has 0 atom stereocenters. The highest BCUT2D eigenvalue weighted by Crippen LogP contribution is 2.20. The average Bonchev–Trinajstić information content (AvgIpc) is 2.95. The van der Waals surface area contributed by atoms with Crippen molar-refractivity contribution in [1.82, 2.24) is 10.1 Å². The van der Waals surface area contributed by atoms with Crippen molar-refractivity contribution in [3.63, 3.8) is 0 Å². The van der Waals surface area contributed by atoms with Crippen molar-refractivity contribution in [2.75, 3.05) is 13.1 Å². The fourth-order valence-electron chi connectivity index (χ4n) is 2.40. The summed E-state index contributed by atoms with van der Waals surface area (Å²) >= 11 is 0. The van der Waals surface area contributed by atoms with Gasteiger partial charge in [0.2, 0.25) is 5.76 Å². The molecule has 0 aliphatic heterocycles. The van der Waals surface area contributed by atoms with Gasteiger partial charge >= 0.3 is 0 Å². The molecule has 0 radical (unpaired) electrons. The van der Waals surface area contributed by atoms with Gasteiger partial charge in [0.1, 0.15) is 5.69 Å². The van der Waals surface area contributed by atoms with Gasteiger partial charge < -0.3 is 9.42 Å². The van der Waals surface area contributed by atoms with Gasteiger partial charge in [-0.15, -0.1) is 0 Å². The molecular weight excluding hydrogens is 276 g/mol. The van der Waals surface area contributed by atoms with E-state index in [-0.39, 0.29) is 5.91 Å². The molecule has 118 valence electrons. The molecule has 0 unspecified atom stereocenters. The molecule has 0 saturated carbocycles. The molecule has 0 spiro atoms. The molecule has 22 heavy (non-hydrogen) atoms. The van der Waals surface area contributed by atoms with Crippen LogP contribution in [0.25, 0.3) is 11.3 Å². The summed E-state index contributed by atoms with van der Waals surface area (Å²) in [5, 5.41) is 4.03. The molecule has 1 heterocycles. The minimum Gasteiger partial charge on any atom is -0.350 e. The molecule has 0 aliphatic rings. The number of nitrogens with zero attached hydrogens (tertiary/aromatic N) is 2. The Morgan fingerprint density at radius 1 is 1.09 bits per heavy atom. The number of carbonyl (C=O) groups excluding carboxylic acids is 1. The summed E-state index contributed by atoms with van der Waals surface area (Å²) in [6.07, 6.45) is 0. The predicted molar refractivity (Wildman–Crippen MR) is 87.5 cm³/mol. The van der Waals surface area contributed by atoms with Crippen molar-refractivity contribution in [3.8, 4) is 11.3 Å². The van der Waals surface area contributed by atoms with Crippen LogP contribution in [0.2, 0.25) is 0 Å². The molecule has 4 nitrogen and oxygen atoms in total. The minimum atomic E-state index is -0.0860. The first-order valence-corrected chi connectivity index (χ1v) is 7.78. The number of hydrogen-bond acceptors (Lipinski definition) is 3. The predicted octanol–water partition coefficient (Wildman–Crippen LogP) is 4.10. The van der Waals surface area contributed by atoms with E-state index in [4.69, 9.17) is 4.52 Å². The van der Waals surface area contributed by atoms with Gasteiger partial charge in [0, 0.05) is 24.7 Å². The van der Waals surface area contributed by atoms with Gasteiger partial charge in [-0.1, -0.05) is 63.2 Å². The van der Waals surface area contributed by atoms with E-state index in [2.05, 4.69) is 32.9 Å². The zero-order valence-corrected chi connectivity index (χ0v) is 13.7. The Morgan fingerprint density at radius 3 is 2.23 bits per heavy atom. The quantitative estimate of drug-likeness (QED) is 0.807. The molecule has 0 N–H and O–H groups in total. The Labute approximate surface area is 132 Å². The SMILES string of the molecule is CC(C)CN(CC(C)C)C(=O)c1cc(-c2ccccc2)no1. The second-order valence-corrected chi connectivity index (χ2v) is 6.44. The van der Waals surface area contributed by atoms with Crippen LogP contribution in [-0.4, -0.2) is 29.1 Å². The molecule has 0 aliphatic carbocycles. The Bertz CT molecular complexity index is 593. The largest absolute Gasteiger partial charge is 0.350 e. The fourth-order valence-corrected chi connectivity index (χ4v) is 2.40. The molecular formula is C18H24N2O2. The summed E-state index contributed by atoms with van der Waals surface area (Å²) in [6, 6.07) is 11.5. The van der Waals surface area contributed by atoms with E-state index in [1.807, 2.05) is 35.2 Å². The lowest BCUT2D eigenvalue weighted by molar-refractivity contribution is 0.0673. The summed E-state index contributed by atoms with van der Waals surface area (Å²) < 4.78 is 5.28. The lowest BCUT2D eigenvalue weighted by atomic mass is 10.1. The number of hydrogen-bond donors (Lipinski definition) is 0. The number of amides is 1. The maximum Gasteiger partial charge on any atom is 0.292 e. The van der Waals surface area contributed by atoms with Gasteiger partial charge in [-0.25, -0.2) is 0 Å². The molecule has 2 aromatic rings. The van der Waals surface area contributed by atoms with E-state index in [0.29, 0.717) is 23.3 Å². The minimum absolute atomic E-state index is 0.0860. The third-order valence-corrected chi connectivity index (χ3v) is 3.25. The zero-order valence-electron chi connectivity index (χ0n) is 13.7. The Morgan fingerprint density at radius 2 is 1.68 bits per heavy atom.